The molecule has 2 N–H and O–H groups in total. The molecule has 0 saturated carbocycles. The summed E-state index contributed by atoms with van der Waals surface area (Å²) in [5.74, 6) is -0.0266. The first-order valence-electron chi connectivity index (χ1n) is 7.26. The molecule has 23 heavy (non-hydrogen) atoms. The lowest BCUT2D eigenvalue weighted by Gasteiger charge is -2.03. The molecular weight excluding hydrogens is 292 g/mol. The normalized spacial score (nSPS) is 10.4. The predicted molar refractivity (Wildman–Crippen MR) is 85.5 cm³/mol. The minimum absolute atomic E-state index is 0.232. The van der Waals surface area contributed by atoms with E-state index in [2.05, 4.69) is 15.5 Å². The largest absolute Gasteiger partial charge is 0.508 e. The molecule has 0 aliphatic rings. The first kappa shape index (κ1) is 14.8. The minimum atomic E-state index is -0.258. The monoisotopic (exact) mass is 308 g/mol. The van der Waals surface area contributed by atoms with Crippen molar-refractivity contribution in [1.82, 2.24) is 20.3 Å². The topological polar surface area (TPSA) is 80.0 Å². The fourth-order valence-corrected chi connectivity index (χ4v) is 2.13. The number of rotatable bonds is 5. The maximum Gasteiger partial charge on any atom is 0.273 e. The van der Waals surface area contributed by atoms with E-state index in [-0.39, 0.29) is 17.4 Å². The Balaban J connectivity index is 1.56. The SMILES string of the molecule is O=C(NCCc1ccc(O)cc1)c1cnn(-c2ccccc2)n1. The minimum Gasteiger partial charge on any atom is -0.508 e. The van der Waals surface area contributed by atoms with Crippen molar-refractivity contribution in [2.24, 2.45) is 0 Å². The average Bonchev–Trinajstić information content (AvgIpc) is 3.07. The summed E-state index contributed by atoms with van der Waals surface area (Å²) in [6, 6.07) is 16.3. The molecule has 3 aromatic rings. The second-order valence-corrected chi connectivity index (χ2v) is 5.03. The van der Waals surface area contributed by atoms with Gasteiger partial charge in [0.2, 0.25) is 0 Å². The number of nitrogens with zero attached hydrogens (tertiary/aromatic N) is 3. The van der Waals surface area contributed by atoms with Gasteiger partial charge in [-0.25, -0.2) is 0 Å². The number of carbonyl (C=O) groups is 1. The molecule has 0 aliphatic carbocycles. The van der Waals surface area contributed by atoms with E-state index in [1.807, 2.05) is 42.5 Å². The highest BCUT2D eigenvalue weighted by molar-refractivity contribution is 5.91. The molecule has 0 saturated heterocycles. The number of phenolic OH excluding ortho intramolecular Hbond substituents is 1. The van der Waals surface area contributed by atoms with Crippen LogP contribution in [-0.4, -0.2) is 32.6 Å². The lowest BCUT2D eigenvalue weighted by atomic mass is 10.1. The molecule has 6 heteroatoms. The summed E-state index contributed by atoms with van der Waals surface area (Å²) in [5, 5.41) is 20.3. The van der Waals surface area contributed by atoms with Crippen LogP contribution in [0, 0.1) is 0 Å². The molecule has 0 atom stereocenters. The summed E-state index contributed by atoms with van der Waals surface area (Å²) >= 11 is 0. The highest BCUT2D eigenvalue weighted by Gasteiger charge is 2.10. The van der Waals surface area contributed by atoms with Crippen molar-refractivity contribution in [3.05, 3.63) is 72.1 Å². The molecule has 1 heterocycles. The van der Waals surface area contributed by atoms with Gasteiger partial charge in [0, 0.05) is 6.54 Å². The zero-order valence-electron chi connectivity index (χ0n) is 12.4. The van der Waals surface area contributed by atoms with Gasteiger partial charge in [-0.05, 0) is 36.2 Å². The van der Waals surface area contributed by atoms with E-state index in [9.17, 15) is 9.90 Å². The summed E-state index contributed by atoms with van der Waals surface area (Å²) in [7, 11) is 0. The molecule has 0 spiro atoms. The maximum atomic E-state index is 12.1. The Morgan fingerprint density at radius 1 is 1.09 bits per heavy atom. The van der Waals surface area contributed by atoms with Crippen LogP contribution in [0.3, 0.4) is 0 Å². The Hall–Kier alpha value is -3.15. The number of aromatic nitrogens is 3. The molecule has 0 fully saturated rings. The second-order valence-electron chi connectivity index (χ2n) is 5.03. The first-order valence-corrected chi connectivity index (χ1v) is 7.26. The Morgan fingerprint density at radius 3 is 2.57 bits per heavy atom. The fourth-order valence-electron chi connectivity index (χ4n) is 2.13. The Morgan fingerprint density at radius 2 is 1.83 bits per heavy atom. The van der Waals surface area contributed by atoms with Gasteiger partial charge in [-0.1, -0.05) is 30.3 Å². The molecule has 0 unspecified atom stereocenters. The number of benzene rings is 2. The number of aromatic hydroxyl groups is 1. The van der Waals surface area contributed by atoms with Crippen LogP contribution in [0.1, 0.15) is 16.1 Å². The molecule has 1 amide bonds. The van der Waals surface area contributed by atoms with Crippen LogP contribution in [0.5, 0.6) is 5.75 Å². The van der Waals surface area contributed by atoms with Crippen molar-refractivity contribution in [3.8, 4) is 11.4 Å². The Labute approximate surface area is 133 Å². The quantitative estimate of drug-likeness (QED) is 0.755. The summed E-state index contributed by atoms with van der Waals surface area (Å²) in [4.78, 5) is 13.5. The summed E-state index contributed by atoms with van der Waals surface area (Å²) in [5.41, 5.74) is 2.12. The van der Waals surface area contributed by atoms with Gasteiger partial charge in [0.05, 0.1) is 11.9 Å². The molecule has 0 radical (unpaired) electrons. The molecule has 3 rings (SSSR count). The summed E-state index contributed by atoms with van der Waals surface area (Å²) < 4.78 is 0. The zero-order chi connectivity index (χ0) is 16.1. The lowest BCUT2D eigenvalue weighted by Crippen LogP contribution is -2.26. The van der Waals surface area contributed by atoms with Gasteiger partial charge in [-0.3, -0.25) is 4.79 Å². The molecule has 6 nitrogen and oxygen atoms in total. The van der Waals surface area contributed by atoms with Crippen LogP contribution >= 0.6 is 0 Å². The van der Waals surface area contributed by atoms with E-state index in [0.29, 0.717) is 13.0 Å². The second kappa shape index (κ2) is 6.74. The third kappa shape index (κ3) is 3.74. The lowest BCUT2D eigenvalue weighted by molar-refractivity contribution is 0.0948. The number of para-hydroxylation sites is 1. The van der Waals surface area contributed by atoms with E-state index in [0.717, 1.165) is 11.3 Å². The number of amides is 1. The number of hydrogen-bond donors (Lipinski definition) is 2. The Bertz CT molecular complexity index is 782. The zero-order valence-corrected chi connectivity index (χ0v) is 12.4. The van der Waals surface area contributed by atoms with Crippen LogP contribution < -0.4 is 5.32 Å². The van der Waals surface area contributed by atoms with Gasteiger partial charge in [0.15, 0.2) is 5.69 Å². The standard InChI is InChI=1S/C17H16N4O2/c22-15-8-6-13(7-9-15)10-11-18-17(23)16-12-19-21(20-16)14-4-2-1-3-5-14/h1-9,12,22H,10-11H2,(H,18,23). The fraction of sp³-hybridized carbons (Fsp3) is 0.118. The van der Waals surface area contributed by atoms with Crippen LogP contribution in [0.25, 0.3) is 5.69 Å². The van der Waals surface area contributed by atoms with E-state index in [4.69, 9.17) is 0 Å². The van der Waals surface area contributed by atoms with Crippen molar-refractivity contribution in [2.45, 2.75) is 6.42 Å². The number of nitrogens with one attached hydrogen (secondary N) is 1. The smallest absolute Gasteiger partial charge is 0.273 e. The van der Waals surface area contributed by atoms with Crippen molar-refractivity contribution in [1.29, 1.82) is 0 Å². The van der Waals surface area contributed by atoms with Crippen molar-refractivity contribution < 1.29 is 9.90 Å². The summed E-state index contributed by atoms with van der Waals surface area (Å²) in [6.45, 7) is 0.488. The predicted octanol–water partition coefficient (Wildman–Crippen LogP) is 1.95. The van der Waals surface area contributed by atoms with Crippen molar-refractivity contribution >= 4 is 5.91 Å². The highest BCUT2D eigenvalue weighted by atomic mass is 16.3. The van der Waals surface area contributed by atoms with E-state index in [1.54, 1.807) is 12.1 Å². The van der Waals surface area contributed by atoms with E-state index in [1.165, 1.54) is 11.0 Å². The van der Waals surface area contributed by atoms with Gasteiger partial charge in [-0.15, -0.1) is 5.10 Å². The van der Waals surface area contributed by atoms with Gasteiger partial charge in [-0.2, -0.15) is 9.90 Å². The molecular formula is C17H16N4O2. The third-order valence-electron chi connectivity index (χ3n) is 3.35. The van der Waals surface area contributed by atoms with E-state index >= 15 is 0 Å². The Kier molecular flexibility index (Phi) is 4.33. The summed E-state index contributed by atoms with van der Waals surface area (Å²) in [6.07, 6.45) is 2.13. The molecule has 116 valence electrons. The van der Waals surface area contributed by atoms with Crippen molar-refractivity contribution in [2.75, 3.05) is 6.54 Å². The van der Waals surface area contributed by atoms with Crippen molar-refractivity contribution in [3.63, 3.8) is 0 Å². The van der Waals surface area contributed by atoms with Crippen LogP contribution in [-0.2, 0) is 6.42 Å². The molecule has 0 bridgehead atoms. The molecule has 2 aromatic carbocycles. The van der Waals surface area contributed by atoms with Crippen LogP contribution in [0.4, 0.5) is 0 Å². The molecule has 1 aromatic heterocycles. The van der Waals surface area contributed by atoms with Crippen LogP contribution in [0.2, 0.25) is 0 Å². The number of phenols is 1. The molecule has 0 aliphatic heterocycles. The van der Waals surface area contributed by atoms with Gasteiger partial charge in [0.25, 0.3) is 5.91 Å². The van der Waals surface area contributed by atoms with Gasteiger partial charge >= 0.3 is 0 Å². The number of hydrogen-bond acceptors (Lipinski definition) is 4. The van der Waals surface area contributed by atoms with E-state index < -0.39 is 0 Å². The third-order valence-corrected chi connectivity index (χ3v) is 3.35. The first-order chi connectivity index (χ1) is 11.2. The number of carbonyl (C=O) groups excluding carboxylic acids is 1. The highest BCUT2D eigenvalue weighted by Crippen LogP contribution is 2.09. The van der Waals surface area contributed by atoms with Crippen LogP contribution in [0.15, 0.2) is 60.8 Å². The van der Waals surface area contributed by atoms with Gasteiger partial charge < -0.3 is 10.4 Å². The maximum absolute atomic E-state index is 12.1. The van der Waals surface area contributed by atoms with Gasteiger partial charge in [0.1, 0.15) is 5.75 Å². The average molecular weight is 308 g/mol.